The molecule has 0 unspecified atom stereocenters. The Kier molecular flexibility index (Phi) is 6.60. The Balaban J connectivity index is 2.18. The van der Waals surface area contributed by atoms with Gasteiger partial charge < -0.3 is 9.84 Å². The van der Waals surface area contributed by atoms with E-state index in [1.54, 1.807) is 48.6 Å². The molecule has 2 aromatic carbocycles. The van der Waals surface area contributed by atoms with Gasteiger partial charge in [-0.15, -0.1) is 0 Å². The van der Waals surface area contributed by atoms with Crippen LogP contribution in [0.2, 0.25) is 0 Å². The van der Waals surface area contributed by atoms with Gasteiger partial charge in [-0.2, -0.15) is 13.2 Å². The normalized spacial score (nSPS) is 12.7. The number of methoxy groups -OCH3 is 1. The van der Waals surface area contributed by atoms with Crippen molar-refractivity contribution in [2.75, 3.05) is 7.11 Å². The standard InChI is InChI=1S/C21H17F3O3/c1-27-14-19(20(25)26)18-9-5-4-8-16(18)7-3-2-6-15-10-12-17(13-11-15)21(22,23)24/h2-14H,1H3,(H,25,26)/b6-2+,7-3?,19-14+. The van der Waals surface area contributed by atoms with Gasteiger partial charge in [0.05, 0.1) is 18.9 Å². The highest BCUT2D eigenvalue weighted by Crippen LogP contribution is 2.29. The minimum Gasteiger partial charge on any atom is -0.503 e. The lowest BCUT2D eigenvalue weighted by atomic mass is 10.00. The molecule has 0 aliphatic rings. The number of aliphatic carboxylic acids is 1. The number of carbonyl (C=O) groups is 1. The van der Waals surface area contributed by atoms with E-state index in [2.05, 4.69) is 0 Å². The number of benzene rings is 2. The Bertz CT molecular complexity index is 876. The maximum Gasteiger partial charge on any atom is 0.416 e. The van der Waals surface area contributed by atoms with Gasteiger partial charge in [-0.3, -0.25) is 0 Å². The topological polar surface area (TPSA) is 46.5 Å². The van der Waals surface area contributed by atoms with Gasteiger partial charge in [-0.25, -0.2) is 4.79 Å². The van der Waals surface area contributed by atoms with Gasteiger partial charge in [0.25, 0.3) is 0 Å². The minimum atomic E-state index is -4.36. The molecule has 3 nitrogen and oxygen atoms in total. The van der Waals surface area contributed by atoms with Crippen LogP contribution in [0.3, 0.4) is 0 Å². The number of allylic oxidation sites excluding steroid dienone is 2. The number of hydrogen-bond donors (Lipinski definition) is 1. The molecule has 0 spiro atoms. The maximum absolute atomic E-state index is 12.5. The second-order valence-corrected chi connectivity index (χ2v) is 5.50. The number of rotatable bonds is 6. The lowest BCUT2D eigenvalue weighted by Crippen LogP contribution is -2.03. The van der Waals surface area contributed by atoms with Crippen LogP contribution >= 0.6 is 0 Å². The zero-order valence-electron chi connectivity index (χ0n) is 14.4. The average molecular weight is 374 g/mol. The van der Waals surface area contributed by atoms with E-state index in [1.807, 2.05) is 0 Å². The zero-order valence-corrected chi connectivity index (χ0v) is 14.4. The van der Waals surface area contributed by atoms with Crippen LogP contribution in [0.4, 0.5) is 13.2 Å². The Labute approximate surface area is 154 Å². The summed E-state index contributed by atoms with van der Waals surface area (Å²) in [7, 11) is 1.37. The van der Waals surface area contributed by atoms with E-state index in [1.165, 1.54) is 19.2 Å². The predicted molar refractivity (Wildman–Crippen MR) is 98.6 cm³/mol. The molecule has 0 aliphatic carbocycles. The van der Waals surface area contributed by atoms with E-state index in [9.17, 15) is 23.1 Å². The van der Waals surface area contributed by atoms with Crippen LogP contribution in [-0.2, 0) is 15.7 Å². The number of hydrogen-bond acceptors (Lipinski definition) is 2. The van der Waals surface area contributed by atoms with Gasteiger partial charge in [0, 0.05) is 0 Å². The van der Waals surface area contributed by atoms with E-state index in [-0.39, 0.29) is 5.57 Å². The fourth-order valence-corrected chi connectivity index (χ4v) is 2.34. The molecule has 2 rings (SSSR count). The van der Waals surface area contributed by atoms with Crippen molar-refractivity contribution in [1.82, 2.24) is 0 Å². The number of carboxylic acids is 1. The van der Waals surface area contributed by atoms with Gasteiger partial charge in [0.2, 0.25) is 0 Å². The summed E-state index contributed by atoms with van der Waals surface area (Å²) in [5, 5.41) is 9.32. The summed E-state index contributed by atoms with van der Waals surface area (Å²) >= 11 is 0. The number of ether oxygens (including phenoxy) is 1. The monoisotopic (exact) mass is 374 g/mol. The summed E-state index contributed by atoms with van der Waals surface area (Å²) in [6.45, 7) is 0. The number of alkyl halides is 3. The lowest BCUT2D eigenvalue weighted by molar-refractivity contribution is -0.137. The van der Waals surface area contributed by atoms with Crippen molar-refractivity contribution in [2.45, 2.75) is 6.18 Å². The molecule has 140 valence electrons. The van der Waals surface area contributed by atoms with E-state index < -0.39 is 17.7 Å². The van der Waals surface area contributed by atoms with E-state index >= 15 is 0 Å². The predicted octanol–water partition coefficient (Wildman–Crippen LogP) is 5.50. The maximum atomic E-state index is 12.5. The number of halogens is 3. The van der Waals surface area contributed by atoms with Crippen LogP contribution in [-0.4, -0.2) is 18.2 Å². The van der Waals surface area contributed by atoms with E-state index in [0.29, 0.717) is 16.7 Å². The van der Waals surface area contributed by atoms with Crippen molar-refractivity contribution in [1.29, 1.82) is 0 Å². The Morgan fingerprint density at radius 2 is 1.63 bits per heavy atom. The van der Waals surface area contributed by atoms with Gasteiger partial charge in [-0.1, -0.05) is 60.7 Å². The van der Waals surface area contributed by atoms with Gasteiger partial charge in [0.15, 0.2) is 0 Å². The van der Waals surface area contributed by atoms with Crippen LogP contribution < -0.4 is 0 Å². The molecule has 27 heavy (non-hydrogen) atoms. The third kappa shape index (κ3) is 5.60. The Morgan fingerprint density at radius 3 is 2.22 bits per heavy atom. The first-order valence-corrected chi connectivity index (χ1v) is 7.90. The largest absolute Gasteiger partial charge is 0.503 e. The molecule has 0 saturated heterocycles. The highest BCUT2D eigenvalue weighted by molar-refractivity contribution is 6.16. The molecule has 0 aliphatic heterocycles. The molecule has 0 fully saturated rings. The van der Waals surface area contributed by atoms with Crippen LogP contribution in [0, 0.1) is 0 Å². The summed E-state index contributed by atoms with van der Waals surface area (Å²) in [6.07, 6.45) is 3.52. The molecule has 0 amide bonds. The van der Waals surface area contributed by atoms with Crippen LogP contribution in [0.15, 0.2) is 66.9 Å². The molecule has 2 aromatic rings. The average Bonchev–Trinajstić information content (AvgIpc) is 2.63. The molecule has 0 saturated carbocycles. The highest BCUT2D eigenvalue weighted by atomic mass is 19.4. The first-order valence-electron chi connectivity index (χ1n) is 7.90. The van der Waals surface area contributed by atoms with Crippen molar-refractivity contribution in [3.05, 3.63) is 89.2 Å². The van der Waals surface area contributed by atoms with Crippen LogP contribution in [0.5, 0.6) is 0 Å². The van der Waals surface area contributed by atoms with Crippen molar-refractivity contribution in [3.8, 4) is 0 Å². The van der Waals surface area contributed by atoms with E-state index in [4.69, 9.17) is 4.74 Å². The summed E-state index contributed by atoms with van der Waals surface area (Å²) < 4.78 is 42.5. The first kappa shape index (κ1) is 20.0. The quantitative estimate of drug-likeness (QED) is 0.412. The fraction of sp³-hybridized carbons (Fsp3) is 0.0952. The Hall–Kier alpha value is -3.28. The van der Waals surface area contributed by atoms with Crippen molar-refractivity contribution < 1.29 is 27.8 Å². The zero-order chi connectivity index (χ0) is 19.9. The second kappa shape index (κ2) is 8.89. The molecular weight excluding hydrogens is 357 g/mol. The molecule has 0 heterocycles. The SMILES string of the molecule is CO/C=C(/C(=O)O)c1ccccc1C=C/C=C/c1ccc(C(F)(F)F)cc1. The molecule has 1 N–H and O–H groups in total. The molecule has 0 aromatic heterocycles. The lowest BCUT2D eigenvalue weighted by Gasteiger charge is -2.06. The fourth-order valence-electron chi connectivity index (χ4n) is 2.34. The molecule has 0 bridgehead atoms. The van der Waals surface area contributed by atoms with Crippen LogP contribution in [0.25, 0.3) is 17.7 Å². The number of carboxylic acid groups (broad SMARTS) is 1. The molecule has 6 heteroatoms. The van der Waals surface area contributed by atoms with E-state index in [0.717, 1.165) is 18.4 Å². The third-order valence-electron chi connectivity index (χ3n) is 3.63. The summed E-state index contributed by atoms with van der Waals surface area (Å²) in [5.74, 6) is -1.11. The molecular formula is C21H17F3O3. The highest BCUT2D eigenvalue weighted by Gasteiger charge is 2.29. The van der Waals surface area contributed by atoms with Crippen molar-refractivity contribution in [3.63, 3.8) is 0 Å². The van der Waals surface area contributed by atoms with Crippen molar-refractivity contribution in [2.24, 2.45) is 0 Å². The molecule has 0 atom stereocenters. The molecule has 0 radical (unpaired) electrons. The Morgan fingerprint density at radius 1 is 1.00 bits per heavy atom. The second-order valence-electron chi connectivity index (χ2n) is 5.50. The van der Waals surface area contributed by atoms with Crippen molar-refractivity contribution >= 4 is 23.7 Å². The van der Waals surface area contributed by atoms with Gasteiger partial charge in [0.1, 0.15) is 5.57 Å². The first-order chi connectivity index (χ1) is 12.8. The summed E-state index contributed by atoms with van der Waals surface area (Å²) in [5.41, 5.74) is 1.09. The smallest absolute Gasteiger partial charge is 0.416 e. The summed E-state index contributed by atoms with van der Waals surface area (Å²) in [4.78, 5) is 11.4. The van der Waals surface area contributed by atoms with Gasteiger partial charge >= 0.3 is 12.1 Å². The minimum absolute atomic E-state index is 0.0180. The van der Waals surface area contributed by atoms with Crippen LogP contribution in [0.1, 0.15) is 22.3 Å². The van der Waals surface area contributed by atoms with Gasteiger partial charge in [-0.05, 0) is 28.8 Å². The summed E-state index contributed by atoms with van der Waals surface area (Å²) in [6, 6.07) is 11.7. The third-order valence-corrected chi connectivity index (χ3v) is 3.63.